The molecule has 0 saturated carbocycles. The van der Waals surface area contributed by atoms with Crippen molar-refractivity contribution in [2.45, 2.75) is 12.8 Å². The van der Waals surface area contributed by atoms with Crippen molar-refractivity contribution in [3.63, 3.8) is 0 Å². The van der Waals surface area contributed by atoms with Crippen molar-refractivity contribution in [2.75, 3.05) is 18.2 Å². The Balaban J connectivity index is 1.53. The second kappa shape index (κ2) is 8.49. The first-order valence-corrected chi connectivity index (χ1v) is 8.52. The van der Waals surface area contributed by atoms with Crippen LogP contribution in [0.15, 0.2) is 59.7 Å². The Kier molecular flexibility index (Phi) is 5.86. The third-order valence-corrected chi connectivity index (χ3v) is 3.92. The summed E-state index contributed by atoms with van der Waals surface area (Å²) in [7, 11) is 0. The number of carbonyl (C=O) groups excluding carboxylic acids is 2. The molecule has 0 aromatic heterocycles. The zero-order valence-corrected chi connectivity index (χ0v) is 14.7. The third-order valence-electron chi connectivity index (χ3n) is 3.67. The number of hydrazone groups is 1. The van der Waals surface area contributed by atoms with Crippen LogP contribution < -0.4 is 9.75 Å². The summed E-state index contributed by atoms with van der Waals surface area (Å²) in [6.45, 7) is 0.293. The maximum absolute atomic E-state index is 12.2. The monoisotopic (exact) mass is 372 g/mol. The summed E-state index contributed by atoms with van der Waals surface area (Å²) in [6, 6.07) is 15.9. The Morgan fingerprint density at radius 2 is 1.77 bits per heavy atom. The van der Waals surface area contributed by atoms with Gasteiger partial charge in [0.2, 0.25) is 5.91 Å². The summed E-state index contributed by atoms with van der Waals surface area (Å²) < 4.78 is 10.7. The summed E-state index contributed by atoms with van der Waals surface area (Å²) in [5, 5.41) is 6.01. The zero-order valence-electron chi connectivity index (χ0n) is 13.9. The zero-order chi connectivity index (χ0) is 18.4. The maximum atomic E-state index is 12.2. The first-order valence-electron chi connectivity index (χ1n) is 8.14. The molecule has 0 saturated heterocycles. The van der Waals surface area contributed by atoms with Gasteiger partial charge in [0.05, 0.1) is 5.69 Å². The van der Waals surface area contributed by atoms with Gasteiger partial charge >= 0.3 is 5.97 Å². The van der Waals surface area contributed by atoms with E-state index in [0.29, 0.717) is 16.5 Å². The molecule has 1 aliphatic rings. The molecule has 0 fully saturated rings. The molecule has 26 heavy (non-hydrogen) atoms. The molecule has 134 valence electrons. The molecule has 6 nitrogen and oxygen atoms in total. The minimum Gasteiger partial charge on any atom is -0.490 e. The van der Waals surface area contributed by atoms with Gasteiger partial charge in [0, 0.05) is 17.9 Å². The fourth-order valence-corrected chi connectivity index (χ4v) is 2.51. The quantitative estimate of drug-likeness (QED) is 0.575. The van der Waals surface area contributed by atoms with E-state index < -0.39 is 5.97 Å². The lowest BCUT2D eigenvalue weighted by atomic mass is 10.1. The number of hydrogen-bond acceptors (Lipinski definition) is 5. The molecule has 7 heteroatoms. The topological polar surface area (TPSA) is 68.2 Å². The Labute approximate surface area is 156 Å². The number of benzene rings is 2. The van der Waals surface area contributed by atoms with Gasteiger partial charge in [0.15, 0.2) is 0 Å². The molecule has 0 unspecified atom stereocenters. The van der Waals surface area contributed by atoms with E-state index in [-0.39, 0.29) is 37.7 Å². The second-order valence-electron chi connectivity index (χ2n) is 5.53. The molecule has 2 aromatic rings. The van der Waals surface area contributed by atoms with E-state index in [9.17, 15) is 9.59 Å². The first-order chi connectivity index (χ1) is 12.6. The molecule has 1 amide bonds. The minimum absolute atomic E-state index is 0.0831. The molecular weight excluding hydrogens is 356 g/mol. The number of hydrogen-bond donors (Lipinski definition) is 0. The van der Waals surface area contributed by atoms with Gasteiger partial charge in [-0.2, -0.15) is 5.10 Å². The number of ether oxygens (including phenoxy) is 2. The number of carbonyl (C=O) groups is 2. The van der Waals surface area contributed by atoms with Crippen molar-refractivity contribution in [1.82, 2.24) is 0 Å². The van der Waals surface area contributed by atoms with E-state index in [0.717, 1.165) is 0 Å². The van der Waals surface area contributed by atoms with Crippen molar-refractivity contribution < 1.29 is 19.1 Å². The number of halogens is 1. The second-order valence-corrected chi connectivity index (χ2v) is 5.96. The standard InChI is InChI=1S/C19H17ClN2O4/c20-14-6-8-16(9-7-14)25-12-13-26-19(24)17-10-11-18(23)22(21-17)15-4-2-1-3-5-15/h1-9H,10-13H2. The first kappa shape index (κ1) is 17.9. The molecule has 0 bridgehead atoms. The third kappa shape index (κ3) is 4.61. The van der Waals surface area contributed by atoms with Crippen molar-refractivity contribution in [3.8, 4) is 5.75 Å². The largest absolute Gasteiger partial charge is 0.490 e. The van der Waals surface area contributed by atoms with Crippen LogP contribution in [0.5, 0.6) is 5.75 Å². The van der Waals surface area contributed by atoms with Gasteiger partial charge in [-0.3, -0.25) is 4.79 Å². The number of para-hydroxylation sites is 1. The number of amides is 1. The number of anilines is 1. The minimum atomic E-state index is -0.543. The fraction of sp³-hybridized carbons (Fsp3) is 0.211. The van der Waals surface area contributed by atoms with E-state index in [4.69, 9.17) is 21.1 Å². The Hall–Kier alpha value is -2.86. The van der Waals surface area contributed by atoms with Crippen LogP contribution in [0, 0.1) is 0 Å². The molecule has 0 spiro atoms. The number of rotatable bonds is 6. The van der Waals surface area contributed by atoms with E-state index in [1.54, 1.807) is 48.5 Å². The summed E-state index contributed by atoms with van der Waals surface area (Å²) in [4.78, 5) is 24.2. The Bertz CT molecular complexity index is 806. The molecule has 0 N–H and O–H groups in total. The van der Waals surface area contributed by atoms with Crippen LogP contribution >= 0.6 is 11.6 Å². The van der Waals surface area contributed by atoms with Crippen LogP contribution in [0.4, 0.5) is 5.69 Å². The highest BCUT2D eigenvalue weighted by Crippen LogP contribution is 2.20. The number of esters is 1. The normalized spacial score (nSPS) is 14.0. The van der Waals surface area contributed by atoms with Crippen LogP contribution in [-0.4, -0.2) is 30.8 Å². The summed E-state index contributed by atoms with van der Waals surface area (Å²) >= 11 is 5.80. The Morgan fingerprint density at radius 1 is 1.04 bits per heavy atom. The summed E-state index contributed by atoms with van der Waals surface area (Å²) in [6.07, 6.45) is 0.475. The van der Waals surface area contributed by atoms with Crippen LogP contribution in [0.1, 0.15) is 12.8 Å². The molecule has 0 aliphatic carbocycles. The highest BCUT2D eigenvalue weighted by Gasteiger charge is 2.26. The van der Waals surface area contributed by atoms with Crippen molar-refractivity contribution in [3.05, 3.63) is 59.6 Å². The van der Waals surface area contributed by atoms with Gasteiger partial charge in [-0.05, 0) is 36.4 Å². The molecule has 1 heterocycles. The molecule has 3 rings (SSSR count). The average molecular weight is 373 g/mol. The van der Waals surface area contributed by atoms with E-state index in [1.807, 2.05) is 6.07 Å². The van der Waals surface area contributed by atoms with Crippen molar-refractivity contribution in [1.29, 1.82) is 0 Å². The van der Waals surface area contributed by atoms with Crippen molar-refractivity contribution >= 4 is 34.9 Å². The van der Waals surface area contributed by atoms with Gasteiger partial charge in [0.25, 0.3) is 0 Å². The molecule has 0 atom stereocenters. The SMILES string of the molecule is O=C(OCCOc1ccc(Cl)cc1)C1=NN(c2ccccc2)C(=O)CC1. The van der Waals surface area contributed by atoms with Gasteiger partial charge in [-0.15, -0.1) is 0 Å². The van der Waals surface area contributed by atoms with Gasteiger partial charge < -0.3 is 9.47 Å². The number of nitrogens with zero attached hydrogens (tertiary/aromatic N) is 2. The average Bonchev–Trinajstić information content (AvgIpc) is 2.67. The van der Waals surface area contributed by atoms with E-state index in [2.05, 4.69) is 5.10 Å². The fourth-order valence-electron chi connectivity index (χ4n) is 2.38. The molecule has 0 radical (unpaired) electrons. The smallest absolute Gasteiger partial charge is 0.354 e. The lowest BCUT2D eigenvalue weighted by Crippen LogP contribution is -2.35. The molecule has 2 aromatic carbocycles. The van der Waals surface area contributed by atoms with E-state index in [1.165, 1.54) is 5.01 Å². The predicted molar refractivity (Wildman–Crippen MR) is 98.5 cm³/mol. The van der Waals surface area contributed by atoms with Crippen molar-refractivity contribution in [2.24, 2.45) is 5.10 Å². The lowest BCUT2D eigenvalue weighted by molar-refractivity contribution is -0.136. The van der Waals surface area contributed by atoms with Gasteiger partial charge in [0.1, 0.15) is 24.7 Å². The molecular formula is C19H17ClN2O4. The van der Waals surface area contributed by atoms with Crippen LogP contribution in [0.3, 0.4) is 0 Å². The highest BCUT2D eigenvalue weighted by atomic mass is 35.5. The summed E-state index contributed by atoms with van der Waals surface area (Å²) in [5.74, 6) is -0.0572. The van der Waals surface area contributed by atoms with Gasteiger partial charge in [-0.25, -0.2) is 9.80 Å². The summed E-state index contributed by atoms with van der Waals surface area (Å²) in [5.41, 5.74) is 0.841. The Morgan fingerprint density at radius 3 is 2.50 bits per heavy atom. The van der Waals surface area contributed by atoms with Crippen LogP contribution in [0.2, 0.25) is 5.02 Å². The highest BCUT2D eigenvalue weighted by molar-refractivity contribution is 6.38. The van der Waals surface area contributed by atoms with Crippen LogP contribution in [0.25, 0.3) is 0 Å². The lowest BCUT2D eigenvalue weighted by Gasteiger charge is -2.22. The van der Waals surface area contributed by atoms with Gasteiger partial charge in [-0.1, -0.05) is 29.8 Å². The van der Waals surface area contributed by atoms with E-state index >= 15 is 0 Å². The maximum Gasteiger partial charge on any atom is 0.354 e. The predicted octanol–water partition coefficient (Wildman–Crippen LogP) is 3.45. The van der Waals surface area contributed by atoms with Crippen LogP contribution in [-0.2, 0) is 14.3 Å². The molecule has 1 aliphatic heterocycles.